The molecule has 0 spiro atoms. The lowest BCUT2D eigenvalue weighted by molar-refractivity contribution is -0.207. The van der Waals surface area contributed by atoms with Crippen molar-refractivity contribution in [2.45, 2.75) is 37.6 Å². The Morgan fingerprint density at radius 1 is 1.18 bits per heavy atom. The maximum atomic E-state index is 13.1. The number of alkyl halides is 3. The Labute approximate surface area is 185 Å². The van der Waals surface area contributed by atoms with Crippen molar-refractivity contribution in [2.75, 3.05) is 0 Å². The predicted octanol–water partition coefficient (Wildman–Crippen LogP) is 3.05. The molecule has 1 aliphatic carbocycles. The number of fused-ring (bicyclic) bond motifs is 1. The zero-order valence-corrected chi connectivity index (χ0v) is 17.5. The topological polar surface area (TPSA) is 98.7 Å². The summed E-state index contributed by atoms with van der Waals surface area (Å²) in [5.41, 5.74) is 2.60. The molecule has 0 unspecified atom stereocenters. The zero-order valence-electron chi connectivity index (χ0n) is 17.5. The van der Waals surface area contributed by atoms with Gasteiger partial charge in [0.2, 0.25) is 0 Å². The molecule has 1 atom stereocenters. The molecule has 4 aromatic rings. The van der Waals surface area contributed by atoms with Crippen LogP contribution in [0.4, 0.5) is 13.2 Å². The van der Waals surface area contributed by atoms with E-state index in [9.17, 15) is 23.1 Å². The summed E-state index contributed by atoms with van der Waals surface area (Å²) < 4.78 is 40.8. The molecule has 0 aliphatic heterocycles. The van der Waals surface area contributed by atoms with Crippen molar-refractivity contribution in [2.24, 2.45) is 7.05 Å². The van der Waals surface area contributed by atoms with E-state index >= 15 is 0 Å². The van der Waals surface area contributed by atoms with E-state index in [4.69, 9.17) is 0 Å². The molecule has 0 amide bonds. The molecule has 0 saturated heterocycles. The van der Waals surface area contributed by atoms with Crippen LogP contribution in [0.2, 0.25) is 0 Å². The number of pyridine rings is 2. The smallest absolute Gasteiger partial charge is 0.382 e. The number of aliphatic hydroxyl groups is 1. The number of hydrogen-bond donors (Lipinski definition) is 1. The van der Waals surface area contributed by atoms with Gasteiger partial charge in [-0.05, 0) is 31.0 Å². The quantitative estimate of drug-likeness (QED) is 0.496. The van der Waals surface area contributed by atoms with E-state index in [-0.39, 0.29) is 10.9 Å². The Bertz CT molecular complexity index is 1390. The summed E-state index contributed by atoms with van der Waals surface area (Å²) in [7, 11) is 1.73. The van der Waals surface area contributed by atoms with Crippen molar-refractivity contribution in [3.63, 3.8) is 0 Å². The summed E-state index contributed by atoms with van der Waals surface area (Å²) in [5.74, 6) is 0.478. The van der Waals surface area contributed by atoms with Crippen LogP contribution < -0.4 is 5.56 Å². The summed E-state index contributed by atoms with van der Waals surface area (Å²) in [6.07, 6.45) is 0.632. The zero-order chi connectivity index (χ0) is 23.3. The summed E-state index contributed by atoms with van der Waals surface area (Å²) in [5, 5.41) is 13.7. The van der Waals surface area contributed by atoms with Gasteiger partial charge in [0.05, 0.1) is 30.1 Å². The van der Waals surface area contributed by atoms with E-state index in [2.05, 4.69) is 20.1 Å². The van der Waals surface area contributed by atoms with Gasteiger partial charge in [-0.2, -0.15) is 18.3 Å². The Balaban J connectivity index is 1.67. The lowest BCUT2D eigenvalue weighted by atomic mass is 10.1. The molecule has 4 heterocycles. The third-order valence-corrected chi connectivity index (χ3v) is 5.61. The molecule has 5 rings (SSSR count). The molecule has 4 aromatic heterocycles. The van der Waals surface area contributed by atoms with Crippen LogP contribution in [0.3, 0.4) is 0 Å². The monoisotopic (exact) mass is 456 g/mol. The lowest BCUT2D eigenvalue weighted by Crippen LogP contribution is -2.36. The maximum Gasteiger partial charge on any atom is 0.416 e. The highest BCUT2D eigenvalue weighted by molar-refractivity contribution is 5.93. The fourth-order valence-electron chi connectivity index (χ4n) is 3.66. The van der Waals surface area contributed by atoms with Gasteiger partial charge < -0.3 is 5.11 Å². The summed E-state index contributed by atoms with van der Waals surface area (Å²) >= 11 is 0. The number of nitrogens with zero attached hydrogens (tertiary/aromatic N) is 6. The summed E-state index contributed by atoms with van der Waals surface area (Å²) in [6.45, 7) is -0.956. The molecular formula is C22H19F3N6O2. The maximum absolute atomic E-state index is 13.1. The van der Waals surface area contributed by atoms with E-state index < -0.39 is 24.4 Å². The first kappa shape index (κ1) is 21.3. The Kier molecular flexibility index (Phi) is 5.00. The van der Waals surface area contributed by atoms with Crippen molar-refractivity contribution >= 4 is 10.9 Å². The molecule has 8 nitrogen and oxygen atoms in total. The number of aliphatic hydroxyl groups excluding tert-OH is 1. The lowest BCUT2D eigenvalue weighted by Gasteiger charge is -2.16. The number of aryl methyl sites for hydroxylation is 1. The third-order valence-electron chi connectivity index (χ3n) is 5.61. The highest BCUT2D eigenvalue weighted by Crippen LogP contribution is 2.39. The minimum atomic E-state index is -4.85. The van der Waals surface area contributed by atoms with Gasteiger partial charge >= 0.3 is 6.18 Å². The standard InChI is InChI=1S/C22H19F3N6O2/c1-30-9-14(8-28-30)19-20-15(21(33)31(11-27-20)10-18(32)22(23,24)25)6-17(29-19)13-4-5-16(26-7-13)12-2-3-12/h4-9,11-12,18,32H,2-3,10H2,1H3/t18-/m1/s1. The summed E-state index contributed by atoms with van der Waals surface area (Å²) in [6, 6.07) is 5.28. The molecule has 0 radical (unpaired) electrons. The highest BCUT2D eigenvalue weighted by Gasteiger charge is 2.38. The molecule has 1 fully saturated rings. The molecule has 0 bridgehead atoms. The van der Waals surface area contributed by atoms with E-state index in [1.807, 2.05) is 12.1 Å². The first-order chi connectivity index (χ1) is 15.7. The van der Waals surface area contributed by atoms with Gasteiger partial charge in [-0.3, -0.25) is 19.0 Å². The van der Waals surface area contributed by atoms with Crippen LogP contribution in [0.15, 0.2) is 47.9 Å². The number of halogens is 3. The van der Waals surface area contributed by atoms with Crippen molar-refractivity contribution in [3.8, 4) is 22.5 Å². The van der Waals surface area contributed by atoms with Crippen LogP contribution in [0, 0.1) is 0 Å². The molecule has 1 N–H and O–H groups in total. The largest absolute Gasteiger partial charge is 0.416 e. The van der Waals surface area contributed by atoms with Crippen LogP contribution in [-0.4, -0.2) is 46.7 Å². The SMILES string of the molecule is Cn1cc(-c2nc(-c3ccc(C4CC4)nc3)cc3c(=O)n(C[C@@H](O)C(F)(F)F)cnc23)cn1. The van der Waals surface area contributed by atoms with E-state index in [0.717, 1.165) is 29.4 Å². The average molecular weight is 456 g/mol. The Morgan fingerprint density at radius 2 is 1.97 bits per heavy atom. The second kappa shape index (κ2) is 7.77. The normalized spacial score (nSPS) is 15.2. The van der Waals surface area contributed by atoms with Gasteiger partial charge in [0, 0.05) is 42.2 Å². The molecule has 1 saturated carbocycles. The van der Waals surface area contributed by atoms with Crippen molar-refractivity contribution < 1.29 is 18.3 Å². The van der Waals surface area contributed by atoms with E-state index in [1.54, 1.807) is 30.3 Å². The fourth-order valence-corrected chi connectivity index (χ4v) is 3.66. The van der Waals surface area contributed by atoms with Crippen molar-refractivity contribution in [1.29, 1.82) is 0 Å². The number of rotatable bonds is 5. The molecule has 170 valence electrons. The number of hydrogen-bond acceptors (Lipinski definition) is 6. The van der Waals surface area contributed by atoms with E-state index in [0.29, 0.717) is 28.4 Å². The number of aromatic nitrogens is 6. The van der Waals surface area contributed by atoms with Crippen LogP contribution in [0.25, 0.3) is 33.4 Å². The van der Waals surface area contributed by atoms with Gasteiger partial charge in [-0.25, -0.2) is 9.97 Å². The van der Waals surface area contributed by atoms with Crippen LogP contribution in [-0.2, 0) is 13.6 Å². The second-order valence-corrected chi connectivity index (χ2v) is 8.16. The third kappa shape index (κ3) is 4.11. The van der Waals surface area contributed by atoms with Crippen LogP contribution in [0.1, 0.15) is 24.5 Å². The van der Waals surface area contributed by atoms with Crippen molar-refractivity contribution in [3.05, 3.63) is 59.2 Å². The second-order valence-electron chi connectivity index (χ2n) is 8.16. The first-order valence-electron chi connectivity index (χ1n) is 10.3. The van der Waals surface area contributed by atoms with Crippen LogP contribution >= 0.6 is 0 Å². The van der Waals surface area contributed by atoms with Gasteiger partial charge in [-0.1, -0.05) is 0 Å². The molecule has 11 heteroatoms. The average Bonchev–Trinajstić information content (AvgIpc) is 3.55. The predicted molar refractivity (Wildman–Crippen MR) is 113 cm³/mol. The van der Waals surface area contributed by atoms with Gasteiger partial charge in [-0.15, -0.1) is 0 Å². The Hall–Kier alpha value is -3.60. The van der Waals surface area contributed by atoms with Gasteiger partial charge in [0.15, 0.2) is 6.10 Å². The molecule has 33 heavy (non-hydrogen) atoms. The molecule has 0 aromatic carbocycles. The van der Waals surface area contributed by atoms with E-state index in [1.165, 1.54) is 6.07 Å². The van der Waals surface area contributed by atoms with Crippen molar-refractivity contribution in [1.82, 2.24) is 29.3 Å². The summed E-state index contributed by atoms with van der Waals surface area (Å²) in [4.78, 5) is 26.5. The highest BCUT2D eigenvalue weighted by atomic mass is 19.4. The molecular weight excluding hydrogens is 437 g/mol. The van der Waals surface area contributed by atoms with Gasteiger partial charge in [0.25, 0.3) is 5.56 Å². The minimum absolute atomic E-state index is 0.0852. The molecule has 1 aliphatic rings. The van der Waals surface area contributed by atoms with Gasteiger partial charge in [0.1, 0.15) is 11.2 Å². The Morgan fingerprint density at radius 3 is 2.58 bits per heavy atom. The minimum Gasteiger partial charge on any atom is -0.382 e. The fraction of sp³-hybridized carbons (Fsp3) is 0.318. The first-order valence-corrected chi connectivity index (χ1v) is 10.3. The van der Waals surface area contributed by atoms with Crippen LogP contribution in [0.5, 0.6) is 0 Å².